The lowest BCUT2D eigenvalue weighted by atomic mass is 9.82. The molecule has 0 radical (unpaired) electrons. The number of rotatable bonds is 5. The van der Waals surface area contributed by atoms with Crippen LogP contribution in [0.5, 0.6) is 0 Å². The molecule has 7 nitrogen and oxygen atoms in total. The summed E-state index contributed by atoms with van der Waals surface area (Å²) >= 11 is 6.42. The summed E-state index contributed by atoms with van der Waals surface area (Å²) < 4.78 is 6.41. The highest BCUT2D eigenvalue weighted by Gasteiger charge is 2.44. The number of nitrogens with one attached hydrogen (secondary N) is 3. The van der Waals surface area contributed by atoms with Gasteiger partial charge in [-0.3, -0.25) is 9.89 Å². The monoisotopic (exact) mass is 461 g/mol. The summed E-state index contributed by atoms with van der Waals surface area (Å²) in [6, 6.07) is 1.80. The highest BCUT2D eigenvalue weighted by atomic mass is 35.5. The second-order valence-electron chi connectivity index (χ2n) is 10.2. The maximum atomic E-state index is 12.8. The summed E-state index contributed by atoms with van der Waals surface area (Å²) in [6.07, 6.45) is 5.29. The largest absolute Gasteiger partial charge is 0.414 e. The normalized spacial score (nSPS) is 21.1. The molecule has 0 saturated heterocycles. The molecule has 0 bridgehead atoms. The van der Waals surface area contributed by atoms with Gasteiger partial charge < -0.3 is 15.1 Å². The Morgan fingerprint density at radius 2 is 2.06 bits per heavy atom. The number of nitrogens with zero attached hydrogens (tertiary/aromatic N) is 2. The van der Waals surface area contributed by atoms with Crippen molar-refractivity contribution >= 4 is 37.3 Å². The van der Waals surface area contributed by atoms with Gasteiger partial charge >= 0.3 is 0 Å². The molecule has 9 heteroatoms. The van der Waals surface area contributed by atoms with E-state index in [1.807, 2.05) is 0 Å². The van der Waals surface area contributed by atoms with E-state index >= 15 is 0 Å². The average molecular weight is 462 g/mol. The summed E-state index contributed by atoms with van der Waals surface area (Å²) in [5.41, 5.74) is 3.60. The molecule has 0 unspecified atom stereocenters. The molecule has 2 aromatic rings. The fraction of sp³-hybridized carbons (Fsp3) is 0.591. The third kappa shape index (κ3) is 4.52. The van der Waals surface area contributed by atoms with Crippen molar-refractivity contribution < 1.29 is 9.22 Å². The van der Waals surface area contributed by atoms with Gasteiger partial charge in [0.25, 0.3) is 0 Å². The minimum atomic E-state index is -1.81. The van der Waals surface area contributed by atoms with Crippen molar-refractivity contribution in [2.75, 3.05) is 17.2 Å². The number of halogens is 1. The predicted octanol–water partition coefficient (Wildman–Crippen LogP) is 5.22. The van der Waals surface area contributed by atoms with E-state index in [-0.39, 0.29) is 23.0 Å². The molecule has 31 heavy (non-hydrogen) atoms. The first-order chi connectivity index (χ1) is 14.5. The number of aromatic amines is 1. The number of aromatic nitrogens is 3. The maximum absolute atomic E-state index is 12.8. The van der Waals surface area contributed by atoms with Gasteiger partial charge in [-0.05, 0) is 49.9 Å². The van der Waals surface area contributed by atoms with Crippen LogP contribution in [-0.4, -0.2) is 42.1 Å². The molecule has 0 spiro atoms. The van der Waals surface area contributed by atoms with Gasteiger partial charge in [-0.15, -0.1) is 0 Å². The second kappa shape index (κ2) is 8.22. The zero-order valence-electron chi connectivity index (χ0n) is 18.9. The maximum Gasteiger partial charge on any atom is 0.228 e. The number of pyridine rings is 1. The Kier molecular flexibility index (Phi) is 5.91. The van der Waals surface area contributed by atoms with Crippen LogP contribution in [0.15, 0.2) is 12.3 Å². The Hall–Kier alpha value is -1.90. The van der Waals surface area contributed by atoms with Gasteiger partial charge in [0.2, 0.25) is 5.91 Å². The summed E-state index contributed by atoms with van der Waals surface area (Å²) in [5, 5.41) is 14.6. The molecule has 1 aliphatic carbocycles. The lowest BCUT2D eigenvalue weighted by Gasteiger charge is -2.44. The minimum absolute atomic E-state index is 0.0157. The minimum Gasteiger partial charge on any atom is -0.414 e. The molecule has 0 atom stereocenters. The topological polar surface area (TPSA) is 91.9 Å². The van der Waals surface area contributed by atoms with E-state index in [1.54, 1.807) is 12.3 Å². The summed E-state index contributed by atoms with van der Waals surface area (Å²) in [5.74, 6) is 0.430. The van der Waals surface area contributed by atoms with Crippen LogP contribution in [0.1, 0.15) is 45.7 Å². The first-order valence-electron chi connectivity index (χ1n) is 11.0. The first kappa shape index (κ1) is 22.3. The molecule has 1 amide bonds. The lowest BCUT2D eigenvalue weighted by Crippen LogP contribution is -2.49. The van der Waals surface area contributed by atoms with E-state index in [2.05, 4.69) is 59.7 Å². The molecular weight excluding hydrogens is 430 g/mol. The van der Waals surface area contributed by atoms with Crippen LogP contribution in [0.3, 0.4) is 0 Å². The number of H-pyrrole nitrogens is 1. The quantitative estimate of drug-likeness (QED) is 0.530. The first-order valence-corrected chi connectivity index (χ1v) is 14.3. The van der Waals surface area contributed by atoms with Gasteiger partial charge in [0.1, 0.15) is 11.5 Å². The van der Waals surface area contributed by atoms with Gasteiger partial charge in [-0.25, -0.2) is 4.98 Å². The van der Waals surface area contributed by atoms with E-state index in [0.717, 1.165) is 54.9 Å². The van der Waals surface area contributed by atoms with Gasteiger partial charge in [-0.1, -0.05) is 32.4 Å². The molecule has 2 aliphatic rings. The molecule has 168 valence electrons. The van der Waals surface area contributed by atoms with E-state index < -0.39 is 8.32 Å². The van der Waals surface area contributed by atoms with Crippen molar-refractivity contribution in [3.8, 4) is 11.3 Å². The van der Waals surface area contributed by atoms with E-state index in [1.165, 1.54) is 0 Å². The van der Waals surface area contributed by atoms with Gasteiger partial charge in [0.15, 0.2) is 8.32 Å². The number of amides is 1. The number of hydrogen-bond acceptors (Lipinski definition) is 5. The molecule has 1 fully saturated rings. The number of carbonyl (C=O) groups is 1. The molecule has 1 aliphatic heterocycles. The zero-order chi connectivity index (χ0) is 22.4. The molecule has 3 N–H and O–H groups in total. The summed E-state index contributed by atoms with van der Waals surface area (Å²) in [7, 11) is -1.81. The smallest absolute Gasteiger partial charge is 0.228 e. The molecule has 3 heterocycles. The van der Waals surface area contributed by atoms with Crippen LogP contribution < -0.4 is 10.6 Å². The highest BCUT2D eigenvalue weighted by molar-refractivity contribution is 6.74. The Morgan fingerprint density at radius 3 is 2.77 bits per heavy atom. The van der Waals surface area contributed by atoms with Gasteiger partial charge in [0.05, 0.1) is 16.4 Å². The van der Waals surface area contributed by atoms with Crippen LogP contribution >= 0.6 is 11.6 Å². The number of anilines is 2. The third-order valence-electron chi connectivity index (χ3n) is 6.84. The number of aryl methyl sites for hydroxylation is 1. The van der Waals surface area contributed by atoms with Gasteiger partial charge in [-0.2, -0.15) is 5.10 Å². The second-order valence-corrected chi connectivity index (χ2v) is 15.3. The zero-order valence-corrected chi connectivity index (χ0v) is 20.7. The molecule has 0 aromatic carbocycles. The number of hydrogen-bond donors (Lipinski definition) is 3. The van der Waals surface area contributed by atoms with Crippen LogP contribution in [-0.2, 0) is 15.6 Å². The van der Waals surface area contributed by atoms with Crippen LogP contribution in [0, 0.1) is 5.92 Å². The van der Waals surface area contributed by atoms with Crippen LogP contribution in [0.2, 0.25) is 23.2 Å². The van der Waals surface area contributed by atoms with E-state index in [9.17, 15) is 4.79 Å². The summed E-state index contributed by atoms with van der Waals surface area (Å²) in [4.78, 5) is 17.1. The Bertz CT molecular complexity index is 979. The standard InChI is InChI=1S/C22H32ClN5O2Si/c1-22(2,3)31(4,5)30-14-9-13(10-14)21(29)26-18-11-15(16(23)12-25-18)19-20-17(27-28-19)7-6-8-24-20/h11-14,24H,6-10H2,1-5H3,(H,27,28)(H,25,26,29). The van der Waals surface area contributed by atoms with Crippen molar-refractivity contribution in [2.45, 2.75) is 70.7 Å². The molecule has 2 aromatic heterocycles. The van der Waals surface area contributed by atoms with Crippen molar-refractivity contribution in [3.63, 3.8) is 0 Å². The number of fused-ring (bicyclic) bond motifs is 1. The van der Waals surface area contributed by atoms with Crippen molar-refractivity contribution in [1.29, 1.82) is 0 Å². The van der Waals surface area contributed by atoms with Crippen molar-refractivity contribution in [3.05, 3.63) is 23.0 Å². The third-order valence-corrected chi connectivity index (χ3v) is 11.7. The van der Waals surface area contributed by atoms with Crippen molar-refractivity contribution in [2.24, 2.45) is 5.92 Å². The Balaban J connectivity index is 1.40. The van der Waals surface area contributed by atoms with Crippen LogP contribution in [0.25, 0.3) is 11.3 Å². The highest BCUT2D eigenvalue weighted by Crippen LogP contribution is 2.42. The average Bonchev–Trinajstić information content (AvgIpc) is 3.09. The lowest BCUT2D eigenvalue weighted by molar-refractivity contribution is -0.125. The fourth-order valence-electron chi connectivity index (χ4n) is 3.81. The molecular formula is C22H32ClN5O2Si. The van der Waals surface area contributed by atoms with E-state index in [0.29, 0.717) is 10.8 Å². The fourth-order valence-corrected chi connectivity index (χ4v) is 5.38. The molecule has 1 saturated carbocycles. The summed E-state index contributed by atoms with van der Waals surface area (Å²) in [6.45, 7) is 12.1. The number of carbonyl (C=O) groups excluding carboxylic acids is 1. The Morgan fingerprint density at radius 1 is 1.32 bits per heavy atom. The molecule has 4 rings (SSSR count). The Labute approximate surface area is 189 Å². The van der Waals surface area contributed by atoms with Crippen LogP contribution in [0.4, 0.5) is 11.5 Å². The van der Waals surface area contributed by atoms with Crippen molar-refractivity contribution in [1.82, 2.24) is 15.2 Å². The van der Waals surface area contributed by atoms with Gasteiger partial charge in [0, 0.05) is 30.3 Å². The SMILES string of the molecule is CC(C)(C)[Si](C)(C)OC1CC(C(=O)Nc2cc(-c3n[nH]c4c3NCCC4)c(Cl)cn2)C1. The predicted molar refractivity (Wildman–Crippen MR) is 127 cm³/mol. The van der Waals surface area contributed by atoms with E-state index in [4.69, 9.17) is 16.0 Å².